The molecule has 0 aromatic rings. The van der Waals surface area contributed by atoms with Crippen molar-refractivity contribution in [3.8, 4) is 0 Å². The molecule has 0 aliphatic rings. The Morgan fingerprint density at radius 3 is 2.55 bits per heavy atom. The van der Waals surface area contributed by atoms with Crippen LogP contribution < -0.4 is 11.1 Å². The molecule has 5 heteroatoms. The van der Waals surface area contributed by atoms with Gasteiger partial charge in [-0.3, -0.25) is 10.5 Å². The van der Waals surface area contributed by atoms with Crippen molar-refractivity contribution in [1.29, 1.82) is 0 Å². The minimum Gasteiger partial charge on any atom is -0.450 e. The smallest absolute Gasteiger partial charge is 0.407 e. The van der Waals surface area contributed by atoms with Crippen molar-refractivity contribution in [2.75, 3.05) is 6.61 Å². The number of alkyl carbamates (subject to hydrolysis) is 1. The van der Waals surface area contributed by atoms with E-state index in [2.05, 4.69) is 10.1 Å². The first-order valence-electron chi connectivity index (χ1n) is 3.26. The van der Waals surface area contributed by atoms with E-state index in [1.54, 1.807) is 6.92 Å². The fourth-order valence-corrected chi connectivity index (χ4v) is 0.415. The maximum absolute atomic E-state index is 10.6. The molecule has 0 aromatic carbocycles. The summed E-state index contributed by atoms with van der Waals surface area (Å²) >= 11 is 0. The van der Waals surface area contributed by atoms with E-state index in [9.17, 15) is 9.59 Å². The van der Waals surface area contributed by atoms with Crippen LogP contribution in [-0.2, 0) is 9.53 Å². The highest BCUT2D eigenvalue weighted by Crippen LogP contribution is 1.83. The predicted octanol–water partition coefficient (Wildman–Crippen LogP) is -0.0695. The fraction of sp³-hybridized carbons (Fsp3) is 0.667. The standard InChI is InChI=1S/C6H11N2O3/c1-3-11-6(10)8-4(2)5(7)9/h4,7H,3H2,1-2H3,(H,8,10). The van der Waals surface area contributed by atoms with Gasteiger partial charge in [-0.05, 0) is 13.8 Å². The highest BCUT2D eigenvalue weighted by molar-refractivity contribution is 5.83. The molecule has 5 nitrogen and oxygen atoms in total. The van der Waals surface area contributed by atoms with Gasteiger partial charge < -0.3 is 10.1 Å². The summed E-state index contributed by atoms with van der Waals surface area (Å²) in [6, 6.07) is -0.797. The first-order chi connectivity index (χ1) is 5.07. The van der Waals surface area contributed by atoms with Gasteiger partial charge in [-0.15, -0.1) is 0 Å². The van der Waals surface area contributed by atoms with E-state index in [4.69, 9.17) is 5.73 Å². The summed E-state index contributed by atoms with van der Waals surface area (Å²) < 4.78 is 4.48. The quantitative estimate of drug-likeness (QED) is 0.626. The molecule has 0 aliphatic heterocycles. The van der Waals surface area contributed by atoms with Crippen LogP contribution in [0.5, 0.6) is 0 Å². The lowest BCUT2D eigenvalue weighted by Gasteiger charge is -2.08. The molecule has 0 bridgehead atoms. The third-order valence-corrected chi connectivity index (χ3v) is 1.00. The molecule has 11 heavy (non-hydrogen) atoms. The summed E-state index contributed by atoms with van der Waals surface area (Å²) in [6.07, 6.45) is -0.666. The van der Waals surface area contributed by atoms with Crippen molar-refractivity contribution in [1.82, 2.24) is 11.1 Å². The van der Waals surface area contributed by atoms with Crippen LogP contribution in [0.4, 0.5) is 4.79 Å². The molecular formula is C6H11N2O3. The fourth-order valence-electron chi connectivity index (χ4n) is 0.415. The van der Waals surface area contributed by atoms with Crippen LogP contribution in [0.25, 0.3) is 0 Å². The van der Waals surface area contributed by atoms with Gasteiger partial charge in [0.05, 0.1) is 6.61 Å². The number of ether oxygens (including phenoxy) is 1. The van der Waals surface area contributed by atoms with Crippen molar-refractivity contribution in [2.45, 2.75) is 19.9 Å². The van der Waals surface area contributed by atoms with Gasteiger partial charge in [-0.1, -0.05) is 0 Å². The van der Waals surface area contributed by atoms with Gasteiger partial charge >= 0.3 is 6.09 Å². The molecule has 1 radical (unpaired) electrons. The predicted molar refractivity (Wildman–Crippen MR) is 37.7 cm³/mol. The van der Waals surface area contributed by atoms with Crippen LogP contribution in [0.15, 0.2) is 0 Å². The summed E-state index contributed by atoms with van der Waals surface area (Å²) in [5, 5.41) is 2.18. The van der Waals surface area contributed by atoms with Gasteiger partial charge in [-0.2, -0.15) is 0 Å². The number of carbonyl (C=O) groups is 2. The number of nitrogens with one attached hydrogen (secondary N) is 2. The van der Waals surface area contributed by atoms with E-state index >= 15 is 0 Å². The zero-order valence-corrected chi connectivity index (χ0v) is 6.51. The molecule has 0 heterocycles. The van der Waals surface area contributed by atoms with E-state index in [0.717, 1.165) is 0 Å². The Labute approximate surface area is 64.9 Å². The van der Waals surface area contributed by atoms with Gasteiger partial charge in [0.25, 0.3) is 5.91 Å². The van der Waals surface area contributed by atoms with E-state index in [1.165, 1.54) is 6.92 Å². The molecule has 0 saturated heterocycles. The highest BCUT2D eigenvalue weighted by Gasteiger charge is 2.12. The minimum atomic E-state index is -0.835. The third kappa shape index (κ3) is 4.19. The number of carbonyl (C=O) groups excluding carboxylic acids is 2. The van der Waals surface area contributed by atoms with Gasteiger partial charge in [0.15, 0.2) is 0 Å². The molecule has 0 spiro atoms. The van der Waals surface area contributed by atoms with E-state index in [0.29, 0.717) is 0 Å². The number of hydrogen-bond donors (Lipinski definition) is 1. The summed E-state index contributed by atoms with van der Waals surface area (Å²) in [4.78, 5) is 20.9. The molecule has 2 amide bonds. The summed E-state index contributed by atoms with van der Waals surface area (Å²) in [5.41, 5.74) is 6.60. The Hall–Kier alpha value is -1.26. The first kappa shape index (κ1) is 9.74. The molecule has 0 aromatic heterocycles. The number of rotatable bonds is 3. The molecule has 1 unspecified atom stereocenters. The summed E-state index contributed by atoms with van der Waals surface area (Å²) in [5.74, 6) is -0.835. The summed E-state index contributed by atoms with van der Waals surface area (Å²) in [7, 11) is 0. The molecule has 63 valence electrons. The highest BCUT2D eigenvalue weighted by atomic mass is 16.5. The second kappa shape index (κ2) is 4.54. The largest absolute Gasteiger partial charge is 0.450 e. The Balaban J connectivity index is 3.66. The second-order valence-corrected chi connectivity index (χ2v) is 1.95. The summed E-state index contributed by atoms with van der Waals surface area (Å²) in [6.45, 7) is 3.34. The SMILES string of the molecule is CCOC(=O)NC(C)C([NH])=O. The Kier molecular flexibility index (Phi) is 4.02. The zero-order valence-electron chi connectivity index (χ0n) is 6.51. The van der Waals surface area contributed by atoms with Crippen molar-refractivity contribution in [3.05, 3.63) is 0 Å². The Morgan fingerprint density at radius 1 is 1.64 bits per heavy atom. The van der Waals surface area contributed by atoms with Crippen LogP contribution in [0.3, 0.4) is 0 Å². The molecule has 0 fully saturated rings. The van der Waals surface area contributed by atoms with Crippen LogP contribution in [0, 0.1) is 0 Å². The maximum Gasteiger partial charge on any atom is 0.407 e. The normalized spacial score (nSPS) is 11.8. The van der Waals surface area contributed by atoms with Crippen LogP contribution in [-0.4, -0.2) is 24.6 Å². The number of amides is 2. The number of hydrogen-bond acceptors (Lipinski definition) is 3. The van der Waals surface area contributed by atoms with Crippen molar-refractivity contribution in [2.24, 2.45) is 0 Å². The third-order valence-electron chi connectivity index (χ3n) is 1.00. The molecule has 0 saturated carbocycles. The van der Waals surface area contributed by atoms with Gasteiger partial charge in [0.2, 0.25) is 0 Å². The average molecular weight is 159 g/mol. The maximum atomic E-state index is 10.6. The van der Waals surface area contributed by atoms with Gasteiger partial charge in [-0.25, -0.2) is 4.79 Å². The molecule has 2 N–H and O–H groups in total. The van der Waals surface area contributed by atoms with Crippen molar-refractivity contribution in [3.63, 3.8) is 0 Å². The Morgan fingerprint density at radius 2 is 2.18 bits per heavy atom. The second-order valence-electron chi connectivity index (χ2n) is 1.95. The van der Waals surface area contributed by atoms with Gasteiger partial charge in [0, 0.05) is 0 Å². The molecule has 0 rings (SSSR count). The lowest BCUT2D eigenvalue weighted by atomic mass is 10.3. The average Bonchev–Trinajstić information content (AvgIpc) is 1.87. The van der Waals surface area contributed by atoms with E-state index in [-0.39, 0.29) is 6.61 Å². The van der Waals surface area contributed by atoms with E-state index < -0.39 is 18.0 Å². The van der Waals surface area contributed by atoms with E-state index in [1.807, 2.05) is 0 Å². The minimum absolute atomic E-state index is 0.255. The van der Waals surface area contributed by atoms with Crippen LogP contribution in [0.1, 0.15) is 13.8 Å². The zero-order chi connectivity index (χ0) is 8.85. The first-order valence-corrected chi connectivity index (χ1v) is 3.26. The lowest BCUT2D eigenvalue weighted by Crippen LogP contribution is -2.39. The molecule has 0 aliphatic carbocycles. The monoisotopic (exact) mass is 159 g/mol. The topological polar surface area (TPSA) is 79.2 Å². The van der Waals surface area contributed by atoms with Crippen molar-refractivity contribution >= 4 is 12.0 Å². The van der Waals surface area contributed by atoms with Crippen LogP contribution >= 0.6 is 0 Å². The van der Waals surface area contributed by atoms with Gasteiger partial charge in [0.1, 0.15) is 6.04 Å². The molecule has 1 atom stereocenters. The lowest BCUT2D eigenvalue weighted by molar-refractivity contribution is -0.120. The van der Waals surface area contributed by atoms with Crippen LogP contribution in [0.2, 0.25) is 0 Å². The van der Waals surface area contributed by atoms with Crippen molar-refractivity contribution < 1.29 is 14.3 Å². The molecular weight excluding hydrogens is 148 g/mol. The Bertz CT molecular complexity index is 158.